The van der Waals surface area contributed by atoms with E-state index in [1.165, 1.54) is 0 Å². The van der Waals surface area contributed by atoms with E-state index in [1.54, 1.807) is 5.01 Å². The number of rotatable bonds is 6. The molecule has 0 saturated carbocycles. The van der Waals surface area contributed by atoms with Crippen molar-refractivity contribution in [2.45, 2.75) is 26.2 Å². The molecule has 0 N–H and O–H groups in total. The third-order valence-electron chi connectivity index (χ3n) is 1.42. The molecule has 2 nitrogen and oxygen atoms in total. The predicted molar refractivity (Wildman–Crippen MR) is 60.0 cm³/mol. The van der Waals surface area contributed by atoms with Gasteiger partial charge in [0.25, 0.3) is 0 Å². The highest BCUT2D eigenvalue weighted by atomic mass is 15.4. The van der Waals surface area contributed by atoms with E-state index in [0.29, 0.717) is 0 Å². The predicted octanol–water partition coefficient (Wildman–Crippen LogP) is 2.84. The van der Waals surface area contributed by atoms with Crippen molar-refractivity contribution in [3.05, 3.63) is 24.3 Å². The van der Waals surface area contributed by atoms with E-state index in [1.807, 2.05) is 26.4 Å². The average molecular weight is 180 g/mol. The van der Waals surface area contributed by atoms with Gasteiger partial charge in [0, 0.05) is 20.3 Å². The number of allylic oxidation sites excluding steroid dienone is 4. The number of unbranched alkanes of at least 4 members (excludes halogenated alkanes) is 1. The van der Waals surface area contributed by atoms with E-state index in [9.17, 15) is 0 Å². The zero-order valence-electron chi connectivity index (χ0n) is 8.90. The van der Waals surface area contributed by atoms with Crippen LogP contribution >= 0.6 is 0 Å². The zero-order chi connectivity index (χ0) is 9.94. The molecule has 74 valence electrons. The molecular formula is C11H20N2. The zero-order valence-corrected chi connectivity index (χ0v) is 8.90. The van der Waals surface area contributed by atoms with Crippen LogP contribution < -0.4 is 0 Å². The highest BCUT2D eigenvalue weighted by molar-refractivity contribution is 5.70. The number of nitrogens with zero attached hydrogens (tertiary/aromatic N) is 2. The normalized spacial score (nSPS) is 12.2. The van der Waals surface area contributed by atoms with Gasteiger partial charge in [0.15, 0.2) is 0 Å². The molecule has 0 aliphatic rings. The van der Waals surface area contributed by atoms with Crippen molar-refractivity contribution in [2.75, 3.05) is 14.1 Å². The Labute approximate surface area is 81.6 Å². The van der Waals surface area contributed by atoms with Crippen LogP contribution in [0.15, 0.2) is 29.4 Å². The lowest BCUT2D eigenvalue weighted by atomic mass is 10.2. The van der Waals surface area contributed by atoms with Crippen LogP contribution in [0.4, 0.5) is 0 Å². The Morgan fingerprint density at radius 1 is 1.08 bits per heavy atom. The van der Waals surface area contributed by atoms with Gasteiger partial charge in [-0.25, -0.2) is 0 Å². The molecule has 13 heavy (non-hydrogen) atoms. The first-order valence-corrected chi connectivity index (χ1v) is 4.78. The minimum Gasteiger partial charge on any atom is -0.303 e. The van der Waals surface area contributed by atoms with Gasteiger partial charge in [-0.15, -0.1) is 0 Å². The highest BCUT2D eigenvalue weighted by Gasteiger charge is 1.75. The van der Waals surface area contributed by atoms with Crippen LogP contribution in [0.25, 0.3) is 0 Å². The summed E-state index contributed by atoms with van der Waals surface area (Å²) >= 11 is 0. The smallest absolute Gasteiger partial charge is 0.0467 e. The second-order valence-corrected chi connectivity index (χ2v) is 3.00. The van der Waals surface area contributed by atoms with Crippen LogP contribution in [0.2, 0.25) is 0 Å². The molecule has 0 heterocycles. The maximum absolute atomic E-state index is 4.06. The summed E-state index contributed by atoms with van der Waals surface area (Å²) in [5, 5.41) is 5.84. The molecule has 2 heteroatoms. The average Bonchev–Trinajstić information content (AvgIpc) is 2.09. The van der Waals surface area contributed by atoms with Gasteiger partial charge in [0.05, 0.1) is 0 Å². The number of hydrazone groups is 1. The van der Waals surface area contributed by atoms with Gasteiger partial charge in [-0.1, -0.05) is 25.2 Å². The third-order valence-corrected chi connectivity index (χ3v) is 1.42. The SMILES string of the molecule is CC/C=C\CC/C=C/C=NN(C)C. The summed E-state index contributed by atoms with van der Waals surface area (Å²) in [6.45, 7) is 2.15. The molecule has 0 atom stereocenters. The van der Waals surface area contributed by atoms with Crippen molar-refractivity contribution in [1.29, 1.82) is 0 Å². The Morgan fingerprint density at radius 3 is 2.38 bits per heavy atom. The quantitative estimate of drug-likeness (QED) is 0.265. The van der Waals surface area contributed by atoms with Crippen LogP contribution in [-0.2, 0) is 0 Å². The van der Waals surface area contributed by atoms with E-state index in [2.05, 4.69) is 30.3 Å². The maximum atomic E-state index is 4.06. The summed E-state index contributed by atoms with van der Waals surface area (Å²) in [6.07, 6.45) is 13.7. The monoisotopic (exact) mass is 180 g/mol. The van der Waals surface area contributed by atoms with E-state index in [-0.39, 0.29) is 0 Å². The Kier molecular flexibility index (Phi) is 8.31. The first-order chi connectivity index (χ1) is 6.27. The Morgan fingerprint density at radius 2 is 1.77 bits per heavy atom. The minimum atomic E-state index is 1.09. The molecule has 0 fully saturated rings. The molecule has 0 unspecified atom stereocenters. The number of hydrogen-bond donors (Lipinski definition) is 0. The molecule has 0 aliphatic carbocycles. The summed E-state index contributed by atoms with van der Waals surface area (Å²) in [7, 11) is 3.82. The second-order valence-electron chi connectivity index (χ2n) is 3.00. The van der Waals surface area contributed by atoms with E-state index >= 15 is 0 Å². The lowest BCUT2D eigenvalue weighted by molar-refractivity contribution is 0.440. The second kappa shape index (κ2) is 9.04. The summed E-state index contributed by atoms with van der Waals surface area (Å²) in [6, 6.07) is 0. The van der Waals surface area contributed by atoms with Crippen molar-refractivity contribution >= 4 is 6.21 Å². The molecular weight excluding hydrogens is 160 g/mol. The molecule has 0 radical (unpaired) electrons. The highest BCUT2D eigenvalue weighted by Crippen LogP contribution is 1.93. The summed E-state index contributed by atoms with van der Waals surface area (Å²) in [5.74, 6) is 0. The first kappa shape index (κ1) is 11.9. The van der Waals surface area contributed by atoms with Crippen molar-refractivity contribution in [1.82, 2.24) is 5.01 Å². The lowest BCUT2D eigenvalue weighted by Gasteiger charge is -1.99. The largest absolute Gasteiger partial charge is 0.303 e. The fraction of sp³-hybridized carbons (Fsp3) is 0.545. The molecule has 0 bridgehead atoms. The molecule has 0 amide bonds. The van der Waals surface area contributed by atoms with Crippen LogP contribution in [0.5, 0.6) is 0 Å². The van der Waals surface area contributed by atoms with Gasteiger partial charge >= 0.3 is 0 Å². The molecule has 0 aromatic rings. The van der Waals surface area contributed by atoms with E-state index < -0.39 is 0 Å². The van der Waals surface area contributed by atoms with Crippen LogP contribution in [0, 0.1) is 0 Å². The maximum Gasteiger partial charge on any atom is 0.0467 e. The Balaban J connectivity index is 3.37. The van der Waals surface area contributed by atoms with Gasteiger partial charge in [0.1, 0.15) is 0 Å². The van der Waals surface area contributed by atoms with Crippen molar-refractivity contribution in [2.24, 2.45) is 5.10 Å². The van der Waals surface area contributed by atoms with Gasteiger partial charge in [-0.05, 0) is 25.3 Å². The lowest BCUT2D eigenvalue weighted by Crippen LogP contribution is -2.00. The molecule has 0 rings (SSSR count). The molecule has 0 aliphatic heterocycles. The van der Waals surface area contributed by atoms with Crippen LogP contribution in [0.3, 0.4) is 0 Å². The summed E-state index contributed by atoms with van der Waals surface area (Å²) in [4.78, 5) is 0. The standard InChI is InChI=1S/C11H20N2/c1-4-5-6-7-8-9-10-11-12-13(2)3/h5-6,9-11H,4,7-8H2,1-3H3/b6-5-,10-9+,12-11?. The minimum absolute atomic E-state index is 1.09. The summed E-state index contributed by atoms with van der Waals surface area (Å²) in [5.41, 5.74) is 0. The van der Waals surface area contributed by atoms with Gasteiger partial charge < -0.3 is 5.01 Å². The van der Waals surface area contributed by atoms with Gasteiger partial charge in [-0.3, -0.25) is 0 Å². The molecule has 0 saturated heterocycles. The van der Waals surface area contributed by atoms with Crippen LogP contribution in [-0.4, -0.2) is 25.3 Å². The Hall–Kier alpha value is -1.05. The topological polar surface area (TPSA) is 15.6 Å². The van der Waals surface area contributed by atoms with Crippen molar-refractivity contribution < 1.29 is 0 Å². The number of hydrogen-bond acceptors (Lipinski definition) is 2. The van der Waals surface area contributed by atoms with Crippen molar-refractivity contribution in [3.63, 3.8) is 0 Å². The molecule has 0 aromatic carbocycles. The molecule has 0 spiro atoms. The van der Waals surface area contributed by atoms with E-state index in [4.69, 9.17) is 0 Å². The fourth-order valence-corrected chi connectivity index (χ4v) is 0.806. The Bertz CT molecular complexity index is 179. The van der Waals surface area contributed by atoms with E-state index in [0.717, 1.165) is 19.3 Å². The third kappa shape index (κ3) is 10.9. The van der Waals surface area contributed by atoms with Crippen LogP contribution in [0.1, 0.15) is 26.2 Å². The summed E-state index contributed by atoms with van der Waals surface area (Å²) < 4.78 is 0. The molecule has 0 aromatic heterocycles. The first-order valence-electron chi connectivity index (χ1n) is 4.78. The van der Waals surface area contributed by atoms with Gasteiger partial charge in [-0.2, -0.15) is 5.10 Å². The van der Waals surface area contributed by atoms with Crippen molar-refractivity contribution in [3.8, 4) is 0 Å². The fourth-order valence-electron chi connectivity index (χ4n) is 0.806. The van der Waals surface area contributed by atoms with Gasteiger partial charge in [0.2, 0.25) is 0 Å².